The van der Waals surface area contributed by atoms with E-state index in [4.69, 9.17) is 0 Å². The summed E-state index contributed by atoms with van der Waals surface area (Å²) in [5, 5.41) is 0. The van der Waals surface area contributed by atoms with Crippen LogP contribution in [-0.4, -0.2) is 65.9 Å². The summed E-state index contributed by atoms with van der Waals surface area (Å²) < 4.78 is 0. The summed E-state index contributed by atoms with van der Waals surface area (Å²) in [6.45, 7) is 56.9. The van der Waals surface area contributed by atoms with Crippen LogP contribution in [0.15, 0.2) is 0 Å². The highest BCUT2D eigenvalue weighted by atomic mass is 31.9. The van der Waals surface area contributed by atoms with Gasteiger partial charge in [-0.15, -0.1) is 0 Å². The molecule has 0 amide bonds. The highest BCUT2D eigenvalue weighted by molar-refractivity contribution is 8.59. The zero-order valence-corrected chi connectivity index (χ0v) is 35.8. The Bertz CT molecular complexity index is 502. The van der Waals surface area contributed by atoms with Gasteiger partial charge in [0, 0.05) is 45.5 Å². The second kappa shape index (κ2) is 9.04. The molecule has 0 heterocycles. The summed E-state index contributed by atoms with van der Waals surface area (Å²) in [6, 6.07) is 0. The molecule has 0 N–H and O–H groups in total. The normalized spacial score (nSPS) is 16.8. The van der Waals surface area contributed by atoms with Gasteiger partial charge in [0.05, 0.1) is 20.3 Å². The van der Waals surface area contributed by atoms with E-state index in [0.717, 1.165) is 0 Å². The van der Waals surface area contributed by atoms with Crippen LogP contribution in [0.4, 0.5) is 0 Å². The molecule has 10 heteroatoms. The van der Waals surface area contributed by atoms with Crippen LogP contribution >= 0.6 is 6.57 Å². The van der Waals surface area contributed by atoms with E-state index in [2.05, 4.69) is 137 Å². The maximum Gasteiger partial charge on any atom is 0.0559 e. The predicted molar refractivity (Wildman–Crippen MR) is 182 cm³/mol. The van der Waals surface area contributed by atoms with Crippen LogP contribution < -0.4 is 0 Å². The lowest BCUT2D eigenvalue weighted by atomic mass is 11.8. The van der Waals surface area contributed by atoms with Gasteiger partial charge in [0.25, 0.3) is 0 Å². The molecule has 0 rings (SSSR count). The molecular formula is C21H63PSi9. The second-order valence-electron chi connectivity index (χ2n) is 17.1. The van der Waals surface area contributed by atoms with Gasteiger partial charge in [-0.3, -0.25) is 0 Å². The molecule has 0 aliphatic carbocycles. The fraction of sp³-hybridized carbons (Fsp3) is 1.00. The van der Waals surface area contributed by atoms with Crippen molar-refractivity contribution in [2.75, 3.05) is 0 Å². The highest BCUT2D eigenvalue weighted by Gasteiger charge is 2.73. The molecule has 0 spiro atoms. The Morgan fingerprint density at radius 1 is 0.226 bits per heavy atom. The van der Waals surface area contributed by atoms with Crippen LogP contribution in [0.2, 0.25) is 137 Å². The molecule has 188 valence electrons. The van der Waals surface area contributed by atoms with Crippen molar-refractivity contribution in [1.29, 1.82) is 0 Å². The standard InChI is InChI=1S/C21H63PSi9/c1-23(2,3)29(19,24(4,5)6)22(30(20,25(7,8)9)26(10,11)12)31(21,27(13,14)15)28(16,17)18/h1-21H3. The smallest absolute Gasteiger partial charge is 0.0559 e. The van der Waals surface area contributed by atoms with Gasteiger partial charge < -0.3 is 0 Å². The zero-order valence-electron chi connectivity index (χ0n) is 25.9. The highest BCUT2D eigenvalue weighted by Crippen LogP contribution is 2.72. The summed E-state index contributed by atoms with van der Waals surface area (Å²) >= 11 is 0. The first kappa shape index (κ1) is 33.4. The molecule has 0 aromatic rings. The Kier molecular flexibility index (Phi) is 9.74. The van der Waals surface area contributed by atoms with Gasteiger partial charge in [-0.1, -0.05) is 137 Å². The Morgan fingerprint density at radius 2 is 0.323 bits per heavy atom. The molecule has 0 saturated carbocycles. The van der Waals surface area contributed by atoms with E-state index in [1.807, 2.05) is 0 Å². The number of hydrogen-bond donors (Lipinski definition) is 0. The second-order valence-corrected chi connectivity index (χ2v) is 124. The van der Waals surface area contributed by atoms with Crippen LogP contribution in [0, 0.1) is 0 Å². The van der Waals surface area contributed by atoms with E-state index in [1.54, 1.807) is 0 Å². The summed E-state index contributed by atoms with van der Waals surface area (Å²) in [7, 11) is -7.54. The molecule has 0 atom stereocenters. The average molecular weight is 599 g/mol. The molecular weight excluding hydrogens is 536 g/mol. The Morgan fingerprint density at radius 3 is 0.387 bits per heavy atom. The minimum Gasteiger partial charge on any atom is -0.152 e. The van der Waals surface area contributed by atoms with Crippen molar-refractivity contribution in [1.82, 2.24) is 0 Å². The Labute approximate surface area is 208 Å². The molecule has 31 heavy (non-hydrogen) atoms. The minimum atomic E-state index is -1.39. The summed E-state index contributed by atoms with van der Waals surface area (Å²) in [6.07, 6.45) is 0. The SMILES string of the molecule is C[Si](C)(C)[Si](C)(P([Si](C)([Si](C)(C)C)[Si](C)(C)C)[Si](C)([Si](C)(C)C)[Si](C)(C)C)[Si](C)(C)C. The Hall–Kier alpha value is 2.38. The van der Waals surface area contributed by atoms with Crippen LogP contribution in [0.5, 0.6) is 0 Å². The molecule has 0 unspecified atom stereocenters. The van der Waals surface area contributed by atoms with Gasteiger partial charge in [-0.05, 0) is 0 Å². The lowest BCUT2D eigenvalue weighted by Crippen LogP contribution is -2.85. The van der Waals surface area contributed by atoms with Crippen molar-refractivity contribution in [2.45, 2.75) is 137 Å². The third kappa shape index (κ3) is 5.40. The van der Waals surface area contributed by atoms with Gasteiger partial charge in [-0.2, -0.15) is 6.57 Å². The fourth-order valence-corrected chi connectivity index (χ4v) is 399. The molecule has 0 aromatic heterocycles. The van der Waals surface area contributed by atoms with Crippen LogP contribution in [0.1, 0.15) is 0 Å². The molecule has 0 aliphatic heterocycles. The lowest BCUT2D eigenvalue weighted by molar-refractivity contribution is 1.75. The largest absolute Gasteiger partial charge is 0.152 e. The maximum absolute atomic E-state index is 3.09. The van der Waals surface area contributed by atoms with E-state index in [1.165, 1.54) is 0 Å². The Balaban J connectivity index is 8.29. The summed E-state index contributed by atoms with van der Waals surface area (Å²) in [5.41, 5.74) is 0. The predicted octanol–water partition coefficient (Wildman–Crippen LogP) is 9.69. The van der Waals surface area contributed by atoms with E-state index in [-0.39, 0.29) is 6.57 Å². The number of hydrogen-bond acceptors (Lipinski definition) is 0. The monoisotopic (exact) mass is 598 g/mol. The minimum absolute atomic E-state index is 0.262. The lowest BCUT2D eigenvalue weighted by Gasteiger charge is -2.72. The third-order valence-corrected chi connectivity index (χ3v) is 228. The van der Waals surface area contributed by atoms with Crippen molar-refractivity contribution >= 4 is 72.4 Å². The van der Waals surface area contributed by atoms with Crippen molar-refractivity contribution in [2.24, 2.45) is 0 Å². The first-order valence-corrected chi connectivity index (χ1v) is 51.0. The molecule has 0 aliphatic rings. The molecule has 0 radical (unpaired) electrons. The van der Waals surface area contributed by atoms with Crippen LogP contribution in [-0.2, 0) is 0 Å². The average Bonchev–Trinajstić information content (AvgIpc) is 2.39. The molecule has 0 nitrogen and oxygen atoms in total. The van der Waals surface area contributed by atoms with Gasteiger partial charge in [0.15, 0.2) is 0 Å². The topological polar surface area (TPSA) is 0 Å². The molecule has 0 aromatic carbocycles. The summed E-state index contributed by atoms with van der Waals surface area (Å²) in [5.74, 6) is 0. The first-order valence-electron chi connectivity index (χ1n) is 12.7. The molecule has 0 bridgehead atoms. The fourth-order valence-electron chi connectivity index (χ4n) is 6.73. The summed E-state index contributed by atoms with van der Waals surface area (Å²) in [4.78, 5) is 0. The first-order chi connectivity index (χ1) is 12.9. The van der Waals surface area contributed by atoms with Crippen molar-refractivity contribution in [3.8, 4) is 0 Å². The maximum atomic E-state index is 3.09. The van der Waals surface area contributed by atoms with Gasteiger partial charge in [-0.25, -0.2) is 0 Å². The molecule has 0 fully saturated rings. The molecule has 0 saturated heterocycles. The quantitative estimate of drug-likeness (QED) is 0.183. The van der Waals surface area contributed by atoms with Gasteiger partial charge in [0.1, 0.15) is 0 Å². The van der Waals surface area contributed by atoms with E-state index in [0.29, 0.717) is 0 Å². The van der Waals surface area contributed by atoms with Crippen molar-refractivity contribution in [3.05, 3.63) is 0 Å². The van der Waals surface area contributed by atoms with Crippen molar-refractivity contribution < 1.29 is 0 Å². The van der Waals surface area contributed by atoms with Gasteiger partial charge >= 0.3 is 0 Å². The van der Waals surface area contributed by atoms with Crippen LogP contribution in [0.3, 0.4) is 0 Å². The van der Waals surface area contributed by atoms with E-state index in [9.17, 15) is 0 Å². The van der Waals surface area contributed by atoms with E-state index >= 15 is 0 Å². The van der Waals surface area contributed by atoms with E-state index < -0.39 is 65.9 Å². The van der Waals surface area contributed by atoms with Crippen LogP contribution in [0.25, 0.3) is 0 Å². The zero-order chi connectivity index (χ0) is 26.1. The third-order valence-electron chi connectivity index (χ3n) is 10.1. The van der Waals surface area contributed by atoms with Crippen molar-refractivity contribution in [3.63, 3.8) is 0 Å². The van der Waals surface area contributed by atoms with Gasteiger partial charge in [0.2, 0.25) is 0 Å². The number of rotatable bonds is 9.